The van der Waals surface area contributed by atoms with Crippen molar-refractivity contribution in [2.45, 2.75) is 12.5 Å². The molecular weight excluding hydrogens is 273 g/mol. The normalized spacial score (nSPS) is 18.5. The maximum Gasteiger partial charge on any atom is 0.231 e. The van der Waals surface area contributed by atoms with Crippen molar-refractivity contribution in [3.63, 3.8) is 0 Å². The van der Waals surface area contributed by atoms with E-state index in [1.165, 1.54) is 12.1 Å². The largest absolute Gasteiger partial charge is 0.488 e. The molecule has 0 bridgehead atoms. The summed E-state index contributed by atoms with van der Waals surface area (Å²) in [6.45, 7) is 0.628. The lowest BCUT2D eigenvalue weighted by Crippen LogP contribution is -2.24. The zero-order valence-electron chi connectivity index (χ0n) is 11.3. The molecule has 2 aromatic carbocycles. The smallest absolute Gasteiger partial charge is 0.231 e. The van der Waals surface area contributed by atoms with Crippen molar-refractivity contribution in [2.24, 2.45) is 5.73 Å². The van der Waals surface area contributed by atoms with Crippen LogP contribution in [0.15, 0.2) is 30.3 Å². The molecule has 2 N–H and O–H groups in total. The van der Waals surface area contributed by atoms with E-state index >= 15 is 0 Å². The van der Waals surface area contributed by atoms with Crippen molar-refractivity contribution in [3.8, 4) is 28.4 Å². The van der Waals surface area contributed by atoms with Crippen LogP contribution in [-0.4, -0.2) is 19.4 Å². The number of ether oxygens (including phenoxy) is 3. The van der Waals surface area contributed by atoms with E-state index in [0.29, 0.717) is 30.2 Å². The van der Waals surface area contributed by atoms with Gasteiger partial charge in [0, 0.05) is 24.1 Å². The first-order chi connectivity index (χ1) is 10.2. The van der Waals surface area contributed by atoms with Crippen LogP contribution in [0.5, 0.6) is 17.2 Å². The molecule has 2 aliphatic heterocycles. The van der Waals surface area contributed by atoms with Crippen LogP contribution in [0.25, 0.3) is 11.1 Å². The van der Waals surface area contributed by atoms with E-state index in [1.54, 1.807) is 0 Å². The number of nitrogens with two attached hydrogens (primary N) is 1. The van der Waals surface area contributed by atoms with Gasteiger partial charge >= 0.3 is 0 Å². The van der Waals surface area contributed by atoms with Crippen molar-refractivity contribution in [1.82, 2.24) is 0 Å². The Hall–Kier alpha value is -2.27. The maximum absolute atomic E-state index is 13.9. The maximum atomic E-state index is 13.9. The lowest BCUT2D eigenvalue weighted by molar-refractivity contribution is 0.174. The number of benzene rings is 2. The molecule has 0 amide bonds. The van der Waals surface area contributed by atoms with Gasteiger partial charge in [-0.3, -0.25) is 0 Å². The molecular formula is C16H14FNO3. The minimum atomic E-state index is -0.275. The quantitative estimate of drug-likeness (QED) is 0.922. The van der Waals surface area contributed by atoms with Crippen LogP contribution in [0.1, 0.15) is 5.56 Å². The van der Waals surface area contributed by atoms with Gasteiger partial charge in [-0.05, 0) is 29.8 Å². The Balaban J connectivity index is 1.83. The Kier molecular flexibility index (Phi) is 2.75. The Morgan fingerprint density at radius 2 is 2.00 bits per heavy atom. The summed E-state index contributed by atoms with van der Waals surface area (Å²) in [5.74, 6) is 1.81. The van der Waals surface area contributed by atoms with Crippen LogP contribution in [0, 0.1) is 5.82 Å². The molecule has 0 aliphatic carbocycles. The molecule has 108 valence electrons. The van der Waals surface area contributed by atoms with Gasteiger partial charge in [0.05, 0.1) is 0 Å². The zero-order chi connectivity index (χ0) is 14.4. The van der Waals surface area contributed by atoms with Gasteiger partial charge in [-0.1, -0.05) is 6.07 Å². The van der Waals surface area contributed by atoms with Gasteiger partial charge in [-0.15, -0.1) is 0 Å². The standard InChI is InChI=1S/C16H14FNO3/c17-11-3-10-4-12(7-18)21-16(10)13(6-11)9-1-2-14-15(5-9)20-8-19-14/h1-3,5-6,12H,4,7-8,18H2/t12-/m1/s1. The van der Waals surface area contributed by atoms with Crippen LogP contribution in [0.3, 0.4) is 0 Å². The number of hydrogen-bond acceptors (Lipinski definition) is 4. The minimum Gasteiger partial charge on any atom is -0.488 e. The summed E-state index contributed by atoms with van der Waals surface area (Å²) >= 11 is 0. The Bertz CT molecular complexity index is 717. The molecule has 0 saturated heterocycles. The fraction of sp³-hybridized carbons (Fsp3) is 0.250. The number of halogens is 1. The van der Waals surface area contributed by atoms with E-state index in [4.69, 9.17) is 19.9 Å². The van der Waals surface area contributed by atoms with Crippen LogP contribution in [0.2, 0.25) is 0 Å². The third kappa shape index (κ3) is 2.01. The average Bonchev–Trinajstić information content (AvgIpc) is 3.11. The van der Waals surface area contributed by atoms with E-state index in [1.807, 2.05) is 18.2 Å². The highest BCUT2D eigenvalue weighted by Gasteiger charge is 2.26. The summed E-state index contributed by atoms with van der Waals surface area (Å²) in [6.07, 6.45) is 0.552. The molecule has 0 saturated carbocycles. The van der Waals surface area contributed by atoms with Gasteiger partial charge in [0.1, 0.15) is 17.7 Å². The first-order valence-electron chi connectivity index (χ1n) is 6.84. The van der Waals surface area contributed by atoms with Gasteiger partial charge in [0.15, 0.2) is 11.5 Å². The molecule has 0 radical (unpaired) electrons. The highest BCUT2D eigenvalue weighted by atomic mass is 19.1. The molecule has 2 aliphatic rings. The van der Waals surface area contributed by atoms with Gasteiger partial charge in [-0.2, -0.15) is 0 Å². The van der Waals surface area contributed by atoms with Gasteiger partial charge in [-0.25, -0.2) is 4.39 Å². The molecule has 0 spiro atoms. The summed E-state index contributed by atoms with van der Waals surface area (Å²) in [6, 6.07) is 8.54. The summed E-state index contributed by atoms with van der Waals surface area (Å²) < 4.78 is 30.4. The summed E-state index contributed by atoms with van der Waals surface area (Å²) in [5, 5.41) is 0. The molecule has 1 atom stereocenters. The molecule has 21 heavy (non-hydrogen) atoms. The van der Waals surface area contributed by atoms with E-state index in [2.05, 4.69) is 0 Å². The third-order valence-electron chi connectivity index (χ3n) is 3.81. The predicted molar refractivity (Wildman–Crippen MR) is 75.1 cm³/mol. The van der Waals surface area contributed by atoms with Gasteiger partial charge in [0.25, 0.3) is 0 Å². The third-order valence-corrected chi connectivity index (χ3v) is 3.81. The summed E-state index contributed by atoms with van der Waals surface area (Å²) in [5.41, 5.74) is 8.08. The van der Waals surface area contributed by atoms with Gasteiger partial charge in [0.2, 0.25) is 6.79 Å². The number of hydrogen-bond donors (Lipinski definition) is 1. The van der Waals surface area contributed by atoms with Crippen molar-refractivity contribution in [1.29, 1.82) is 0 Å². The van der Waals surface area contributed by atoms with Crippen molar-refractivity contribution in [2.75, 3.05) is 13.3 Å². The van der Waals surface area contributed by atoms with Crippen molar-refractivity contribution in [3.05, 3.63) is 41.7 Å². The molecule has 0 fully saturated rings. The highest BCUT2D eigenvalue weighted by Crippen LogP contribution is 2.42. The van der Waals surface area contributed by atoms with E-state index < -0.39 is 0 Å². The lowest BCUT2D eigenvalue weighted by Gasteiger charge is -2.11. The second-order valence-electron chi connectivity index (χ2n) is 5.19. The fourth-order valence-corrected chi connectivity index (χ4v) is 2.80. The molecule has 4 rings (SSSR count). The molecule has 0 aromatic heterocycles. The van der Waals surface area contributed by atoms with E-state index in [9.17, 15) is 4.39 Å². The molecule has 4 nitrogen and oxygen atoms in total. The first kappa shape index (κ1) is 12.5. The van der Waals surface area contributed by atoms with Crippen LogP contribution in [0.4, 0.5) is 4.39 Å². The van der Waals surface area contributed by atoms with Gasteiger partial charge < -0.3 is 19.9 Å². The Morgan fingerprint density at radius 1 is 1.14 bits per heavy atom. The molecule has 5 heteroatoms. The van der Waals surface area contributed by atoms with Crippen molar-refractivity contribution < 1.29 is 18.6 Å². The fourth-order valence-electron chi connectivity index (χ4n) is 2.80. The number of fused-ring (bicyclic) bond motifs is 2. The highest BCUT2D eigenvalue weighted by molar-refractivity contribution is 5.75. The Labute approximate surface area is 121 Å². The molecule has 2 aromatic rings. The summed E-state index contributed by atoms with van der Waals surface area (Å²) in [7, 11) is 0. The zero-order valence-corrected chi connectivity index (χ0v) is 11.3. The monoisotopic (exact) mass is 287 g/mol. The predicted octanol–water partition coefficient (Wildman–Crippen LogP) is 2.48. The number of rotatable bonds is 2. The summed E-state index contributed by atoms with van der Waals surface area (Å²) in [4.78, 5) is 0. The van der Waals surface area contributed by atoms with E-state index in [-0.39, 0.29) is 18.7 Å². The second-order valence-corrected chi connectivity index (χ2v) is 5.19. The first-order valence-corrected chi connectivity index (χ1v) is 6.84. The average molecular weight is 287 g/mol. The Morgan fingerprint density at radius 3 is 2.86 bits per heavy atom. The molecule has 2 heterocycles. The van der Waals surface area contributed by atoms with Crippen molar-refractivity contribution >= 4 is 0 Å². The topological polar surface area (TPSA) is 53.7 Å². The molecule has 0 unspecified atom stereocenters. The van der Waals surface area contributed by atoms with Crippen LogP contribution >= 0.6 is 0 Å². The lowest BCUT2D eigenvalue weighted by atomic mass is 10.00. The van der Waals surface area contributed by atoms with E-state index in [0.717, 1.165) is 16.7 Å². The van der Waals surface area contributed by atoms with Crippen LogP contribution in [-0.2, 0) is 6.42 Å². The SMILES string of the molecule is NC[C@H]1Cc2cc(F)cc(-c3ccc4c(c3)OCO4)c2O1. The van der Waals surface area contributed by atoms with Crippen LogP contribution < -0.4 is 19.9 Å². The minimum absolute atomic E-state index is 0.0884. The second kappa shape index (κ2) is 4.63.